The Balaban J connectivity index is 1.78. The van der Waals surface area contributed by atoms with Gasteiger partial charge in [-0.25, -0.2) is 4.68 Å². The van der Waals surface area contributed by atoms with E-state index in [0.717, 1.165) is 61.6 Å². The number of hydrogen-bond acceptors (Lipinski definition) is 6. The number of nitrogens with zero attached hydrogens (tertiary/aromatic N) is 6. The van der Waals surface area contributed by atoms with E-state index in [1.807, 2.05) is 22.9 Å². The minimum atomic E-state index is -0.186. The summed E-state index contributed by atoms with van der Waals surface area (Å²) in [4.78, 5) is 4.62. The highest BCUT2D eigenvalue weighted by atomic mass is 16.3. The Morgan fingerprint density at radius 1 is 1.00 bits per heavy atom. The molecule has 0 aliphatic rings. The van der Waals surface area contributed by atoms with Gasteiger partial charge in [-0.1, -0.05) is 61.9 Å². The molecule has 0 radical (unpaired) electrons. The second kappa shape index (κ2) is 10.5. The lowest BCUT2D eigenvalue weighted by molar-refractivity contribution is 0.168. The summed E-state index contributed by atoms with van der Waals surface area (Å²) >= 11 is 0. The molecule has 0 spiro atoms. The van der Waals surface area contributed by atoms with Crippen LogP contribution in [0.2, 0.25) is 0 Å². The minimum absolute atomic E-state index is 0.186. The van der Waals surface area contributed by atoms with E-state index in [4.69, 9.17) is 4.42 Å². The first-order valence-electron chi connectivity index (χ1n) is 11.3. The van der Waals surface area contributed by atoms with Gasteiger partial charge in [0.05, 0.1) is 0 Å². The molecule has 32 heavy (non-hydrogen) atoms. The second-order valence-electron chi connectivity index (χ2n) is 8.46. The quantitative estimate of drug-likeness (QED) is 0.351. The van der Waals surface area contributed by atoms with E-state index in [0.29, 0.717) is 0 Å². The molecule has 2 aromatic carbocycles. The van der Waals surface area contributed by atoms with Crippen molar-refractivity contribution in [2.45, 2.75) is 38.9 Å². The zero-order valence-corrected chi connectivity index (χ0v) is 19.2. The van der Waals surface area contributed by atoms with Crippen molar-refractivity contribution in [2.24, 2.45) is 0 Å². The summed E-state index contributed by atoms with van der Waals surface area (Å²) in [5, 5.41) is 13.9. The molecule has 1 unspecified atom stereocenters. The number of rotatable bonds is 11. The number of likely N-dealkylation sites (N-methyl/N-ethyl adjacent to an activating group) is 1. The molecule has 0 fully saturated rings. The van der Waals surface area contributed by atoms with Crippen LogP contribution < -0.4 is 0 Å². The van der Waals surface area contributed by atoms with Crippen molar-refractivity contribution in [3.63, 3.8) is 0 Å². The zero-order chi connectivity index (χ0) is 22.3. The topological polar surface area (TPSA) is 63.2 Å². The molecule has 4 rings (SSSR count). The number of aromatic nitrogens is 4. The van der Waals surface area contributed by atoms with E-state index in [-0.39, 0.29) is 6.04 Å². The van der Waals surface area contributed by atoms with Gasteiger partial charge >= 0.3 is 0 Å². The van der Waals surface area contributed by atoms with E-state index in [1.54, 1.807) is 0 Å². The number of fused-ring (bicyclic) bond motifs is 1. The van der Waals surface area contributed by atoms with Crippen LogP contribution in [0, 0.1) is 0 Å². The average molecular weight is 433 g/mol. The third kappa shape index (κ3) is 5.23. The fourth-order valence-corrected chi connectivity index (χ4v) is 3.93. The number of aryl methyl sites for hydroxylation is 1. The van der Waals surface area contributed by atoms with Gasteiger partial charge < -0.3 is 9.32 Å². The van der Waals surface area contributed by atoms with Crippen LogP contribution in [0.1, 0.15) is 43.0 Å². The first kappa shape index (κ1) is 22.2. The van der Waals surface area contributed by atoms with Crippen LogP contribution in [0.5, 0.6) is 0 Å². The molecular weight excluding hydrogens is 400 g/mol. The predicted octanol–water partition coefficient (Wildman–Crippen LogP) is 4.37. The largest absolute Gasteiger partial charge is 0.459 e. The van der Waals surface area contributed by atoms with Crippen molar-refractivity contribution in [3.8, 4) is 0 Å². The monoisotopic (exact) mass is 432 g/mol. The molecule has 0 aliphatic heterocycles. The fourth-order valence-electron chi connectivity index (χ4n) is 3.93. The van der Waals surface area contributed by atoms with Gasteiger partial charge in [-0.3, -0.25) is 4.90 Å². The van der Waals surface area contributed by atoms with E-state index >= 15 is 0 Å². The van der Waals surface area contributed by atoms with Gasteiger partial charge in [0.25, 0.3) is 0 Å². The van der Waals surface area contributed by atoms with Crippen molar-refractivity contribution in [1.29, 1.82) is 0 Å². The molecule has 0 N–H and O–H groups in total. The fraction of sp³-hybridized carbons (Fsp3) is 0.400. The normalized spacial score (nSPS) is 12.8. The average Bonchev–Trinajstić information content (AvgIpc) is 3.43. The van der Waals surface area contributed by atoms with Crippen LogP contribution in [0.3, 0.4) is 0 Å². The van der Waals surface area contributed by atoms with E-state index in [1.165, 1.54) is 5.56 Å². The van der Waals surface area contributed by atoms with Gasteiger partial charge in [-0.2, -0.15) is 0 Å². The molecule has 7 nitrogen and oxygen atoms in total. The summed E-state index contributed by atoms with van der Waals surface area (Å²) in [5.74, 6) is 1.70. The van der Waals surface area contributed by atoms with Gasteiger partial charge in [0.2, 0.25) is 0 Å². The number of tetrazole rings is 1. The SMILES string of the molecule is CCCCn1nnnc1C(c1cc2ccccc2o1)N(CCN(C)C)Cc1ccccc1. The Morgan fingerprint density at radius 3 is 2.53 bits per heavy atom. The van der Waals surface area contributed by atoms with Crippen molar-refractivity contribution < 1.29 is 4.42 Å². The number of furan rings is 1. The maximum Gasteiger partial charge on any atom is 0.176 e. The summed E-state index contributed by atoms with van der Waals surface area (Å²) in [6, 6.07) is 20.6. The Morgan fingerprint density at radius 2 is 1.78 bits per heavy atom. The van der Waals surface area contributed by atoms with Crippen molar-refractivity contribution in [2.75, 3.05) is 27.2 Å². The van der Waals surface area contributed by atoms with Gasteiger partial charge in [-0.05, 0) is 48.6 Å². The molecule has 0 bridgehead atoms. The second-order valence-corrected chi connectivity index (χ2v) is 8.46. The summed E-state index contributed by atoms with van der Waals surface area (Å²) < 4.78 is 8.31. The van der Waals surface area contributed by atoms with Crippen LogP contribution >= 0.6 is 0 Å². The van der Waals surface area contributed by atoms with Gasteiger partial charge in [0.1, 0.15) is 17.4 Å². The third-order valence-corrected chi connectivity index (χ3v) is 5.67. The first-order valence-corrected chi connectivity index (χ1v) is 11.3. The van der Waals surface area contributed by atoms with Crippen molar-refractivity contribution in [1.82, 2.24) is 30.0 Å². The predicted molar refractivity (Wildman–Crippen MR) is 126 cm³/mol. The van der Waals surface area contributed by atoms with Crippen LogP contribution in [0.15, 0.2) is 65.1 Å². The maximum absolute atomic E-state index is 6.37. The lowest BCUT2D eigenvalue weighted by atomic mass is 10.1. The van der Waals surface area contributed by atoms with Gasteiger partial charge in [-0.15, -0.1) is 5.10 Å². The summed E-state index contributed by atoms with van der Waals surface area (Å²) in [6.07, 6.45) is 2.12. The highest BCUT2D eigenvalue weighted by Gasteiger charge is 2.31. The lowest BCUT2D eigenvalue weighted by Crippen LogP contribution is -2.36. The molecule has 0 aliphatic carbocycles. The summed E-state index contributed by atoms with van der Waals surface area (Å²) in [7, 11) is 4.20. The molecule has 2 heterocycles. The molecular formula is C25H32N6O. The first-order chi connectivity index (χ1) is 15.7. The third-order valence-electron chi connectivity index (χ3n) is 5.67. The molecule has 1 atom stereocenters. The number of unbranched alkanes of at least 4 members (excludes halogenated alkanes) is 1. The van der Waals surface area contributed by atoms with E-state index in [2.05, 4.69) is 88.8 Å². The van der Waals surface area contributed by atoms with E-state index in [9.17, 15) is 0 Å². The Bertz CT molecular complexity index is 1070. The molecule has 0 amide bonds. The van der Waals surface area contributed by atoms with Crippen molar-refractivity contribution in [3.05, 3.63) is 77.8 Å². The maximum atomic E-state index is 6.37. The van der Waals surface area contributed by atoms with E-state index < -0.39 is 0 Å². The number of benzene rings is 2. The summed E-state index contributed by atoms with van der Waals surface area (Å²) in [5.41, 5.74) is 2.13. The Hall–Kier alpha value is -3.03. The molecule has 7 heteroatoms. The van der Waals surface area contributed by atoms with Crippen LogP contribution in [0.25, 0.3) is 11.0 Å². The van der Waals surface area contributed by atoms with Gasteiger partial charge in [0, 0.05) is 31.6 Å². The number of hydrogen-bond donors (Lipinski definition) is 0. The summed E-state index contributed by atoms with van der Waals surface area (Å²) in [6.45, 7) is 5.52. The molecule has 168 valence electrons. The smallest absolute Gasteiger partial charge is 0.176 e. The van der Waals surface area contributed by atoms with Crippen molar-refractivity contribution >= 4 is 11.0 Å². The molecule has 2 aromatic heterocycles. The van der Waals surface area contributed by atoms with Gasteiger partial charge in [0.15, 0.2) is 5.82 Å². The lowest BCUT2D eigenvalue weighted by Gasteiger charge is -2.30. The highest BCUT2D eigenvalue weighted by molar-refractivity contribution is 5.77. The van der Waals surface area contributed by atoms with Crippen LogP contribution in [0.4, 0.5) is 0 Å². The Kier molecular flexibility index (Phi) is 7.29. The standard InChI is InChI=1S/C25H32N6O/c1-4-5-15-31-25(26-27-28-31)24(23-18-21-13-9-10-14-22(21)32-23)30(17-16-29(2)3)19-20-11-7-6-8-12-20/h6-14,18,24H,4-5,15-17,19H2,1-3H3. The minimum Gasteiger partial charge on any atom is -0.459 e. The van der Waals surface area contributed by atoms with Crippen LogP contribution in [-0.4, -0.2) is 57.2 Å². The highest BCUT2D eigenvalue weighted by Crippen LogP contribution is 2.33. The number of para-hydroxylation sites is 1. The molecule has 4 aromatic rings. The Labute approximate surface area is 189 Å². The molecule has 0 saturated heterocycles. The van der Waals surface area contributed by atoms with Crippen LogP contribution in [-0.2, 0) is 13.1 Å². The zero-order valence-electron chi connectivity index (χ0n) is 19.2. The molecule has 0 saturated carbocycles.